The van der Waals surface area contributed by atoms with E-state index >= 15 is 0 Å². The monoisotopic (exact) mass is 662 g/mol. The zero-order valence-electron chi connectivity index (χ0n) is 27.3. The first-order valence-electron chi connectivity index (χ1n) is 13.0. The van der Waals surface area contributed by atoms with Gasteiger partial charge in [-0.05, 0) is 43.9 Å². The standard InChI is InChI=1S/C29H46O8P2.Al.3H2O/c1-26(2,3)20-14-18(24(36-38(30,31)32)22(16-20)28(7,8)9)13-19-15-21(27(4,5)6)17-23(29(10,11)12)25(19)37-39(33,34)35;;;;/h14-17H,13H2,1-12H3,(H2,30,31,32)(H2,33,34,35);;3*1H2/q;+3;;;/p-3. The molecule has 0 heterocycles. The third-order valence-electron chi connectivity index (χ3n) is 6.48. The molecule has 0 saturated heterocycles. The third kappa shape index (κ3) is 12.9. The second kappa shape index (κ2) is 14.9. The summed E-state index contributed by atoms with van der Waals surface area (Å²) in [5, 5.41) is 0. The molecule has 0 aliphatic heterocycles. The summed E-state index contributed by atoms with van der Waals surface area (Å²) in [5.41, 5.74) is 2.40. The van der Waals surface area contributed by atoms with E-state index in [9.17, 15) is 28.7 Å². The van der Waals surface area contributed by atoms with Crippen LogP contribution in [0.1, 0.15) is 116 Å². The molecule has 0 fully saturated rings. The second-order valence-corrected chi connectivity index (χ2v) is 16.7. The van der Waals surface area contributed by atoms with Crippen molar-refractivity contribution in [3.63, 3.8) is 0 Å². The van der Waals surface area contributed by atoms with Gasteiger partial charge in [-0.2, -0.15) is 0 Å². The molecule has 43 heavy (non-hydrogen) atoms. The van der Waals surface area contributed by atoms with E-state index in [1.807, 2.05) is 107 Å². The van der Waals surface area contributed by atoms with Gasteiger partial charge in [0.1, 0.15) is 11.5 Å². The molecule has 0 atom stereocenters. The maximum absolute atomic E-state index is 12.1. The Labute approximate surface area is 267 Å². The predicted molar refractivity (Wildman–Crippen MR) is 167 cm³/mol. The topological polar surface area (TPSA) is 224 Å². The minimum absolute atomic E-state index is 0. The van der Waals surface area contributed by atoms with E-state index in [0.717, 1.165) is 11.1 Å². The molecule has 2 rings (SSSR count). The average molecular weight is 663 g/mol. The first-order valence-corrected chi connectivity index (χ1v) is 16.0. The van der Waals surface area contributed by atoms with Crippen LogP contribution in [0.5, 0.6) is 11.5 Å². The van der Waals surface area contributed by atoms with Crippen molar-refractivity contribution < 1.29 is 54.2 Å². The summed E-state index contributed by atoms with van der Waals surface area (Å²) in [6.45, 7) is 23.9. The van der Waals surface area contributed by atoms with Crippen molar-refractivity contribution in [1.29, 1.82) is 0 Å². The molecule has 14 heteroatoms. The Balaban J connectivity index is -0.00000400. The van der Waals surface area contributed by atoms with Crippen LogP contribution in [0, 0.1) is 0 Å². The molecule has 0 radical (unpaired) electrons. The summed E-state index contributed by atoms with van der Waals surface area (Å²) < 4.78 is 35.0. The van der Waals surface area contributed by atoms with Gasteiger partial charge in [0, 0.05) is 17.5 Å². The molecule has 244 valence electrons. The smallest absolute Gasteiger partial charge is 0.870 e. The molecule has 0 bridgehead atoms. The van der Waals surface area contributed by atoms with E-state index in [0.29, 0.717) is 22.3 Å². The van der Waals surface area contributed by atoms with Crippen molar-refractivity contribution in [3.05, 3.63) is 57.6 Å². The van der Waals surface area contributed by atoms with Crippen LogP contribution in [-0.2, 0) is 37.2 Å². The van der Waals surface area contributed by atoms with Crippen molar-refractivity contribution >= 4 is 33.0 Å². The minimum atomic E-state index is -4.94. The van der Waals surface area contributed by atoms with Gasteiger partial charge in [-0.25, -0.2) is 9.13 Å². The molecule has 0 aliphatic carbocycles. The van der Waals surface area contributed by atoms with Gasteiger partial charge in [0.25, 0.3) is 0 Å². The van der Waals surface area contributed by atoms with Crippen molar-refractivity contribution in [1.82, 2.24) is 0 Å². The zero-order chi connectivity index (χ0) is 30.6. The number of phosphoric ester groups is 2. The number of rotatable bonds is 6. The molecular weight excluding hydrogens is 613 g/mol. The molecule has 2 aromatic rings. The van der Waals surface area contributed by atoms with E-state index in [-0.39, 0.29) is 62.5 Å². The molecule has 2 aromatic carbocycles. The van der Waals surface area contributed by atoms with Gasteiger partial charge in [-0.15, -0.1) is 0 Å². The molecular formula is C29H49AlO11P2. The second-order valence-electron chi connectivity index (χ2n) is 14.4. The van der Waals surface area contributed by atoms with Gasteiger partial charge < -0.3 is 25.5 Å². The van der Waals surface area contributed by atoms with Crippen molar-refractivity contribution in [3.8, 4) is 11.5 Å². The molecule has 0 spiro atoms. The van der Waals surface area contributed by atoms with Crippen LogP contribution in [0.3, 0.4) is 0 Å². The summed E-state index contributed by atoms with van der Waals surface area (Å²) in [6, 6.07) is 7.52. The first-order chi connectivity index (χ1) is 17.1. The predicted octanol–water partition coefficient (Wildman–Crippen LogP) is 6.50. The maximum atomic E-state index is 12.1. The summed E-state index contributed by atoms with van der Waals surface area (Å²) in [5.74, 6) is 0.119. The Morgan fingerprint density at radius 2 is 0.791 bits per heavy atom. The van der Waals surface area contributed by atoms with Crippen LogP contribution in [0.25, 0.3) is 0 Å². The first kappa shape index (κ1) is 46.2. The number of hydrogen-bond donors (Lipinski definition) is 4. The van der Waals surface area contributed by atoms with E-state index in [2.05, 4.69) is 0 Å². The Morgan fingerprint density at radius 1 is 0.535 bits per heavy atom. The van der Waals surface area contributed by atoms with E-state index in [1.165, 1.54) is 0 Å². The number of hydrogen-bond acceptors (Lipinski definition) is 7. The maximum Gasteiger partial charge on any atom is 3.00 e. The van der Waals surface area contributed by atoms with Crippen LogP contribution in [0.4, 0.5) is 0 Å². The number of phosphoric acid groups is 2. The fourth-order valence-corrected chi connectivity index (χ4v) is 5.19. The molecule has 7 N–H and O–H groups in total. The third-order valence-corrected chi connectivity index (χ3v) is 7.32. The molecule has 0 aromatic heterocycles. The average Bonchev–Trinajstić information content (AvgIpc) is 2.64. The van der Waals surface area contributed by atoms with Gasteiger partial charge in [-0.3, -0.25) is 19.6 Å². The Bertz CT molecular complexity index is 1220. The van der Waals surface area contributed by atoms with E-state index in [4.69, 9.17) is 9.05 Å². The van der Waals surface area contributed by atoms with Crippen LogP contribution < -0.4 is 9.05 Å². The van der Waals surface area contributed by atoms with Crippen molar-refractivity contribution in [2.75, 3.05) is 0 Å². The largest absolute Gasteiger partial charge is 3.00 e. The van der Waals surface area contributed by atoms with Crippen LogP contribution >= 0.6 is 15.6 Å². The van der Waals surface area contributed by atoms with Gasteiger partial charge in [-0.1, -0.05) is 107 Å². The Kier molecular flexibility index (Phi) is 16.0. The SMILES string of the molecule is CC(C)(C)c1cc(Cc2cc(C(C)(C)C)cc(C(C)(C)C)c2OP(=O)(O)O)c(OP(=O)(O)O)c(C(C)(C)C)c1.[Al+3].[OH-].[OH-].[OH-]. The van der Waals surface area contributed by atoms with Gasteiger partial charge in [0.15, 0.2) is 0 Å². The van der Waals surface area contributed by atoms with Crippen molar-refractivity contribution in [2.45, 2.75) is 111 Å². The minimum Gasteiger partial charge on any atom is -0.870 e. The molecule has 0 amide bonds. The van der Waals surface area contributed by atoms with Gasteiger partial charge in [0.05, 0.1) is 0 Å². The molecule has 0 saturated carbocycles. The van der Waals surface area contributed by atoms with Crippen LogP contribution in [0.2, 0.25) is 0 Å². The summed E-state index contributed by atoms with van der Waals surface area (Å²) >= 11 is 0. The summed E-state index contributed by atoms with van der Waals surface area (Å²) in [7, 11) is -9.89. The Morgan fingerprint density at radius 3 is 0.977 bits per heavy atom. The van der Waals surface area contributed by atoms with Crippen molar-refractivity contribution in [2.24, 2.45) is 0 Å². The molecule has 11 nitrogen and oxygen atoms in total. The van der Waals surface area contributed by atoms with E-state index < -0.39 is 26.5 Å². The van der Waals surface area contributed by atoms with Gasteiger partial charge >= 0.3 is 33.0 Å². The fourth-order valence-electron chi connectivity index (χ4n) is 4.28. The Hall–Kier alpha value is -1.25. The normalized spacial score (nSPS) is 12.7. The van der Waals surface area contributed by atoms with Crippen LogP contribution in [-0.4, -0.2) is 53.4 Å². The van der Waals surface area contributed by atoms with E-state index in [1.54, 1.807) is 0 Å². The fraction of sp³-hybridized carbons (Fsp3) is 0.586. The summed E-state index contributed by atoms with van der Waals surface area (Å²) in [6.07, 6.45) is 0.0602. The number of benzene rings is 2. The zero-order valence-corrected chi connectivity index (χ0v) is 30.2. The molecule has 0 unspecified atom stereocenters. The quantitative estimate of drug-likeness (QED) is 0.193. The molecule has 0 aliphatic rings. The summed E-state index contributed by atoms with van der Waals surface area (Å²) in [4.78, 5) is 39.4. The van der Waals surface area contributed by atoms with Gasteiger partial charge in [0.2, 0.25) is 0 Å². The van der Waals surface area contributed by atoms with Crippen LogP contribution in [0.15, 0.2) is 24.3 Å².